The van der Waals surface area contributed by atoms with Crippen molar-refractivity contribution in [2.45, 2.75) is 103 Å². The third-order valence-electron chi connectivity index (χ3n) is 5.93. The quantitative estimate of drug-likeness (QED) is 0.179. The zero-order valence-corrected chi connectivity index (χ0v) is 21.4. The Morgan fingerprint density at radius 3 is 1.82 bits per heavy atom. The Morgan fingerprint density at radius 1 is 0.788 bits per heavy atom. The molecule has 0 spiro atoms. The van der Waals surface area contributed by atoms with Gasteiger partial charge in [-0.3, -0.25) is 4.79 Å². The van der Waals surface area contributed by atoms with Crippen LogP contribution in [-0.4, -0.2) is 39.4 Å². The summed E-state index contributed by atoms with van der Waals surface area (Å²) in [5, 5.41) is 0. The van der Waals surface area contributed by atoms with Gasteiger partial charge < -0.3 is 18.9 Å². The van der Waals surface area contributed by atoms with Crippen LogP contribution in [0, 0.1) is 0 Å². The van der Waals surface area contributed by atoms with E-state index in [4.69, 9.17) is 18.9 Å². The Hall–Kier alpha value is -2.24. The lowest BCUT2D eigenvalue weighted by atomic mass is 9.98. The van der Waals surface area contributed by atoms with Crippen LogP contribution in [-0.2, 0) is 20.7 Å². The number of hydrogen-bond donors (Lipinski definition) is 0. The van der Waals surface area contributed by atoms with Gasteiger partial charge >= 0.3 is 11.9 Å². The molecule has 0 saturated carbocycles. The first-order valence-electron chi connectivity index (χ1n) is 12.4. The summed E-state index contributed by atoms with van der Waals surface area (Å²) in [5.41, 5.74) is 1.42. The van der Waals surface area contributed by atoms with Crippen LogP contribution in [0.25, 0.3) is 0 Å². The molecule has 0 fully saturated rings. The number of rotatable bonds is 18. The lowest BCUT2D eigenvalue weighted by Gasteiger charge is -2.14. The first-order chi connectivity index (χ1) is 15.9. The van der Waals surface area contributed by atoms with Crippen molar-refractivity contribution in [3.8, 4) is 11.5 Å². The van der Waals surface area contributed by atoms with Gasteiger partial charge in [0.2, 0.25) is 0 Å². The highest BCUT2D eigenvalue weighted by atomic mass is 16.5. The third-order valence-corrected chi connectivity index (χ3v) is 5.93. The van der Waals surface area contributed by atoms with E-state index in [2.05, 4.69) is 0 Å². The van der Waals surface area contributed by atoms with Gasteiger partial charge in [0.05, 0.1) is 27.4 Å². The molecule has 0 saturated heterocycles. The fraction of sp³-hybridized carbons (Fsp3) is 0.704. The van der Waals surface area contributed by atoms with Crippen LogP contribution in [0.1, 0.15) is 107 Å². The highest BCUT2D eigenvalue weighted by molar-refractivity contribution is 5.94. The van der Waals surface area contributed by atoms with Crippen molar-refractivity contribution in [1.82, 2.24) is 0 Å². The fourth-order valence-corrected chi connectivity index (χ4v) is 4.14. The zero-order valence-electron chi connectivity index (χ0n) is 21.4. The van der Waals surface area contributed by atoms with Gasteiger partial charge in [-0.05, 0) is 44.2 Å². The number of carbonyl (C=O) groups excluding carboxylic acids is 2. The van der Waals surface area contributed by atoms with Gasteiger partial charge in [-0.15, -0.1) is 0 Å². The fourth-order valence-electron chi connectivity index (χ4n) is 4.14. The number of ether oxygens (including phenoxy) is 4. The third kappa shape index (κ3) is 12.0. The summed E-state index contributed by atoms with van der Waals surface area (Å²) in [6.07, 6.45) is 15.2. The molecule has 0 N–H and O–H groups in total. The van der Waals surface area contributed by atoms with Crippen molar-refractivity contribution < 1.29 is 28.5 Å². The molecule has 0 amide bonds. The molecule has 0 radical (unpaired) electrons. The van der Waals surface area contributed by atoms with Crippen molar-refractivity contribution in [1.29, 1.82) is 0 Å². The molecule has 1 aromatic carbocycles. The average Bonchev–Trinajstić information content (AvgIpc) is 2.80. The lowest BCUT2D eigenvalue weighted by Crippen LogP contribution is -2.11. The van der Waals surface area contributed by atoms with E-state index in [1.165, 1.54) is 65.4 Å². The molecule has 6 heteroatoms. The standard InChI is InChI=1S/C27H44O6/c1-21(33-22(2)28)17-15-13-11-9-7-6-8-10-12-14-16-18-23-19-24(30-3)20-25(31-4)26(23)27(29)32-5/h19-21H,6-18H2,1-5H3/t21-/m1/s1. The molecular weight excluding hydrogens is 420 g/mol. The number of methoxy groups -OCH3 is 3. The van der Waals surface area contributed by atoms with Gasteiger partial charge in [0.1, 0.15) is 17.1 Å². The minimum absolute atomic E-state index is 0.0421. The molecule has 0 aromatic heterocycles. The van der Waals surface area contributed by atoms with E-state index in [9.17, 15) is 9.59 Å². The summed E-state index contributed by atoms with van der Waals surface area (Å²) in [5.74, 6) is 0.626. The van der Waals surface area contributed by atoms with Gasteiger partial charge in [0, 0.05) is 13.0 Å². The van der Waals surface area contributed by atoms with Crippen LogP contribution < -0.4 is 9.47 Å². The van der Waals surface area contributed by atoms with Gasteiger partial charge in [0.15, 0.2) is 0 Å². The first-order valence-corrected chi connectivity index (χ1v) is 12.4. The normalized spacial score (nSPS) is 11.7. The van der Waals surface area contributed by atoms with E-state index in [1.807, 2.05) is 13.0 Å². The monoisotopic (exact) mass is 464 g/mol. The summed E-state index contributed by atoms with van der Waals surface area (Å²) < 4.78 is 20.8. The molecule has 1 aromatic rings. The number of aryl methyl sites for hydroxylation is 1. The number of carbonyl (C=O) groups is 2. The van der Waals surface area contributed by atoms with Crippen LogP contribution >= 0.6 is 0 Å². The molecule has 188 valence electrons. The van der Waals surface area contributed by atoms with Crippen LogP contribution in [0.5, 0.6) is 11.5 Å². The maximum absolute atomic E-state index is 12.2. The molecule has 0 aliphatic rings. The Kier molecular flexibility index (Phi) is 15.1. The predicted molar refractivity (Wildman–Crippen MR) is 131 cm³/mol. The molecule has 0 aliphatic heterocycles. The van der Waals surface area contributed by atoms with Crippen molar-refractivity contribution in [3.05, 3.63) is 23.3 Å². The minimum Gasteiger partial charge on any atom is -0.497 e. The van der Waals surface area contributed by atoms with Gasteiger partial charge in [-0.1, -0.05) is 57.8 Å². The van der Waals surface area contributed by atoms with E-state index < -0.39 is 0 Å². The highest BCUT2D eigenvalue weighted by Gasteiger charge is 2.19. The Morgan fingerprint density at radius 2 is 1.33 bits per heavy atom. The zero-order chi connectivity index (χ0) is 24.5. The summed E-state index contributed by atoms with van der Waals surface area (Å²) in [6.45, 7) is 3.43. The van der Waals surface area contributed by atoms with Crippen molar-refractivity contribution >= 4 is 11.9 Å². The number of esters is 2. The van der Waals surface area contributed by atoms with Crippen LogP contribution in [0.3, 0.4) is 0 Å². The second-order valence-corrected chi connectivity index (χ2v) is 8.70. The van der Waals surface area contributed by atoms with Crippen molar-refractivity contribution in [2.75, 3.05) is 21.3 Å². The van der Waals surface area contributed by atoms with Gasteiger partial charge in [-0.2, -0.15) is 0 Å². The van der Waals surface area contributed by atoms with E-state index in [1.54, 1.807) is 20.3 Å². The van der Waals surface area contributed by atoms with E-state index in [0.717, 1.165) is 37.7 Å². The summed E-state index contributed by atoms with van der Waals surface area (Å²) in [4.78, 5) is 23.1. The topological polar surface area (TPSA) is 71.1 Å². The van der Waals surface area contributed by atoms with E-state index in [0.29, 0.717) is 17.1 Å². The van der Waals surface area contributed by atoms with Crippen molar-refractivity contribution in [2.24, 2.45) is 0 Å². The molecule has 33 heavy (non-hydrogen) atoms. The molecule has 1 rings (SSSR count). The predicted octanol–water partition coefficient (Wildman–Crippen LogP) is 6.67. The van der Waals surface area contributed by atoms with Crippen molar-refractivity contribution in [3.63, 3.8) is 0 Å². The van der Waals surface area contributed by atoms with Crippen LogP contribution in [0.4, 0.5) is 0 Å². The molecule has 1 atom stereocenters. The molecule has 0 bridgehead atoms. The lowest BCUT2D eigenvalue weighted by molar-refractivity contribution is -0.145. The molecule has 0 heterocycles. The smallest absolute Gasteiger partial charge is 0.341 e. The largest absolute Gasteiger partial charge is 0.497 e. The maximum Gasteiger partial charge on any atom is 0.341 e. The number of hydrogen-bond acceptors (Lipinski definition) is 6. The van der Waals surface area contributed by atoms with Crippen LogP contribution in [0.15, 0.2) is 12.1 Å². The van der Waals surface area contributed by atoms with Gasteiger partial charge in [-0.25, -0.2) is 4.79 Å². The summed E-state index contributed by atoms with van der Waals surface area (Å²) in [7, 11) is 4.56. The molecule has 0 aliphatic carbocycles. The molecule has 0 unspecified atom stereocenters. The Bertz CT molecular complexity index is 700. The minimum atomic E-state index is -0.372. The second kappa shape index (κ2) is 17.3. The summed E-state index contributed by atoms with van der Waals surface area (Å²) in [6, 6.07) is 3.63. The van der Waals surface area contributed by atoms with E-state index >= 15 is 0 Å². The second-order valence-electron chi connectivity index (χ2n) is 8.70. The van der Waals surface area contributed by atoms with Crippen LogP contribution in [0.2, 0.25) is 0 Å². The molecular formula is C27H44O6. The maximum atomic E-state index is 12.2. The SMILES string of the molecule is COC(=O)c1c(CCCCCCCCCCCCC[C@@H](C)OC(C)=O)cc(OC)cc1OC. The first kappa shape index (κ1) is 28.8. The number of unbranched alkanes of at least 4 members (excludes halogenated alkanes) is 10. The number of benzene rings is 1. The molecule has 6 nitrogen and oxygen atoms in total. The average molecular weight is 465 g/mol. The van der Waals surface area contributed by atoms with Gasteiger partial charge in [0.25, 0.3) is 0 Å². The highest BCUT2D eigenvalue weighted by Crippen LogP contribution is 2.30. The Labute approximate surface area is 200 Å². The summed E-state index contributed by atoms with van der Waals surface area (Å²) >= 11 is 0. The van der Waals surface area contributed by atoms with E-state index in [-0.39, 0.29) is 18.0 Å². The Balaban J connectivity index is 2.16.